The Morgan fingerprint density at radius 1 is 1.00 bits per heavy atom. The van der Waals surface area contributed by atoms with Crippen LogP contribution in [-0.4, -0.2) is 36.4 Å². The van der Waals surface area contributed by atoms with Crippen molar-refractivity contribution in [2.24, 2.45) is 0 Å². The first-order valence-electron chi connectivity index (χ1n) is 7.61. The third-order valence-corrected chi connectivity index (χ3v) is 3.93. The van der Waals surface area contributed by atoms with Crippen molar-refractivity contribution in [2.75, 3.05) is 6.54 Å². The summed E-state index contributed by atoms with van der Waals surface area (Å²) in [7, 11) is 0. The largest absolute Gasteiger partial charge is 0.293 e. The third-order valence-electron chi connectivity index (χ3n) is 3.93. The van der Waals surface area contributed by atoms with Gasteiger partial charge in [0.2, 0.25) is 0 Å². The van der Waals surface area contributed by atoms with Gasteiger partial charge in [0.1, 0.15) is 0 Å². The second-order valence-corrected chi connectivity index (χ2v) is 5.56. The highest BCUT2D eigenvalue weighted by atomic mass is 15.1. The van der Waals surface area contributed by atoms with Crippen molar-refractivity contribution in [3.8, 4) is 11.4 Å². The van der Waals surface area contributed by atoms with Crippen molar-refractivity contribution in [2.45, 2.75) is 19.5 Å². The molecule has 0 fully saturated rings. The van der Waals surface area contributed by atoms with Crippen LogP contribution in [0.1, 0.15) is 17.0 Å². The Morgan fingerprint density at radius 3 is 2.78 bits per heavy atom. The van der Waals surface area contributed by atoms with Gasteiger partial charge in [-0.25, -0.2) is 9.97 Å². The second-order valence-electron chi connectivity index (χ2n) is 5.56. The molecule has 0 unspecified atom stereocenters. The smallest absolute Gasteiger partial charge is 0.160 e. The predicted octanol–water partition coefficient (Wildman–Crippen LogP) is 1.89. The molecule has 4 heterocycles. The Morgan fingerprint density at radius 2 is 1.96 bits per heavy atom. The van der Waals surface area contributed by atoms with Gasteiger partial charge in [-0.05, 0) is 12.1 Å². The molecule has 0 saturated heterocycles. The highest BCUT2D eigenvalue weighted by molar-refractivity contribution is 5.53. The van der Waals surface area contributed by atoms with Crippen molar-refractivity contribution in [1.29, 1.82) is 0 Å². The van der Waals surface area contributed by atoms with E-state index in [4.69, 9.17) is 4.98 Å². The number of hydrogen-bond donors (Lipinski definition) is 0. The molecule has 3 aromatic heterocycles. The Balaban J connectivity index is 1.52. The van der Waals surface area contributed by atoms with E-state index in [-0.39, 0.29) is 0 Å². The standard InChI is InChI=1S/C17H16N6/c1-2-13(8-18-4-1)17-21-9-14-11-23(7-3-16(14)22-17)12-15-10-19-5-6-20-15/h1-2,4-6,8-10H,3,7,11-12H2. The lowest BCUT2D eigenvalue weighted by Gasteiger charge is -2.27. The third kappa shape index (κ3) is 3.07. The maximum Gasteiger partial charge on any atom is 0.160 e. The van der Waals surface area contributed by atoms with Crippen LogP contribution in [-0.2, 0) is 19.5 Å². The lowest BCUT2D eigenvalue weighted by Crippen LogP contribution is -2.31. The molecule has 0 N–H and O–H groups in total. The number of pyridine rings is 1. The summed E-state index contributed by atoms with van der Waals surface area (Å²) in [4.78, 5) is 24.2. The SMILES string of the molecule is c1cncc(-c2ncc3c(n2)CCN(Cc2cnccn2)C3)c1. The van der Waals surface area contributed by atoms with Crippen LogP contribution in [0.25, 0.3) is 11.4 Å². The maximum atomic E-state index is 4.72. The number of aromatic nitrogens is 5. The average Bonchev–Trinajstić information content (AvgIpc) is 2.63. The molecule has 0 aromatic carbocycles. The fourth-order valence-corrected chi connectivity index (χ4v) is 2.78. The van der Waals surface area contributed by atoms with E-state index >= 15 is 0 Å². The Bertz CT molecular complexity index is 791. The normalized spacial score (nSPS) is 14.4. The zero-order valence-corrected chi connectivity index (χ0v) is 12.6. The molecular weight excluding hydrogens is 288 g/mol. The fraction of sp³-hybridized carbons (Fsp3) is 0.235. The summed E-state index contributed by atoms with van der Waals surface area (Å²) in [5.74, 6) is 0.749. The van der Waals surface area contributed by atoms with E-state index in [9.17, 15) is 0 Å². The van der Waals surface area contributed by atoms with E-state index in [0.717, 1.165) is 48.8 Å². The minimum atomic E-state index is 0.749. The molecule has 6 nitrogen and oxygen atoms in total. The first-order chi connectivity index (χ1) is 11.4. The average molecular weight is 304 g/mol. The molecule has 4 rings (SSSR count). The van der Waals surface area contributed by atoms with Crippen molar-refractivity contribution < 1.29 is 0 Å². The first kappa shape index (κ1) is 13.9. The molecule has 0 spiro atoms. The summed E-state index contributed by atoms with van der Waals surface area (Å²) in [6.45, 7) is 2.62. The molecule has 23 heavy (non-hydrogen) atoms. The van der Waals surface area contributed by atoms with E-state index < -0.39 is 0 Å². The lowest BCUT2D eigenvalue weighted by atomic mass is 10.1. The van der Waals surface area contributed by atoms with Gasteiger partial charge < -0.3 is 0 Å². The van der Waals surface area contributed by atoms with Crippen LogP contribution in [0.4, 0.5) is 0 Å². The molecule has 3 aromatic rings. The Kier molecular flexibility index (Phi) is 3.73. The van der Waals surface area contributed by atoms with Crippen LogP contribution in [0.3, 0.4) is 0 Å². The van der Waals surface area contributed by atoms with Crippen molar-refractivity contribution in [1.82, 2.24) is 29.8 Å². The van der Waals surface area contributed by atoms with E-state index in [1.165, 1.54) is 5.56 Å². The van der Waals surface area contributed by atoms with Crippen molar-refractivity contribution in [3.05, 3.63) is 66.3 Å². The van der Waals surface area contributed by atoms with Gasteiger partial charge in [-0.1, -0.05) is 0 Å². The molecule has 0 aliphatic carbocycles. The minimum Gasteiger partial charge on any atom is -0.293 e. The molecule has 6 heteroatoms. The van der Waals surface area contributed by atoms with Crippen molar-refractivity contribution >= 4 is 0 Å². The summed E-state index contributed by atoms with van der Waals surface area (Å²) in [6, 6.07) is 3.89. The van der Waals surface area contributed by atoms with Gasteiger partial charge in [0.05, 0.1) is 11.4 Å². The molecule has 0 amide bonds. The second kappa shape index (κ2) is 6.18. The van der Waals surface area contributed by atoms with E-state index in [1.54, 1.807) is 24.8 Å². The molecular formula is C17H16N6. The number of hydrogen-bond acceptors (Lipinski definition) is 6. The van der Waals surface area contributed by atoms with E-state index in [1.807, 2.05) is 24.5 Å². The molecule has 114 valence electrons. The summed E-state index contributed by atoms with van der Waals surface area (Å²) in [5, 5.41) is 0. The fourth-order valence-electron chi connectivity index (χ4n) is 2.78. The van der Waals surface area contributed by atoms with Gasteiger partial charge in [0.25, 0.3) is 0 Å². The molecule has 0 atom stereocenters. The summed E-state index contributed by atoms with van der Waals surface area (Å²) < 4.78 is 0. The first-order valence-corrected chi connectivity index (χ1v) is 7.61. The monoisotopic (exact) mass is 304 g/mol. The van der Waals surface area contributed by atoms with Gasteiger partial charge >= 0.3 is 0 Å². The highest BCUT2D eigenvalue weighted by Crippen LogP contribution is 2.21. The summed E-state index contributed by atoms with van der Waals surface area (Å²) in [6.07, 6.45) is 11.7. The zero-order chi connectivity index (χ0) is 15.5. The molecule has 0 bridgehead atoms. The maximum absolute atomic E-state index is 4.72. The zero-order valence-electron chi connectivity index (χ0n) is 12.6. The molecule has 1 aliphatic heterocycles. The Labute approximate surface area is 134 Å². The van der Waals surface area contributed by atoms with Gasteiger partial charge in [0.15, 0.2) is 5.82 Å². The lowest BCUT2D eigenvalue weighted by molar-refractivity contribution is 0.240. The van der Waals surface area contributed by atoms with Crippen LogP contribution in [0.2, 0.25) is 0 Å². The topological polar surface area (TPSA) is 67.7 Å². The summed E-state index contributed by atoms with van der Waals surface area (Å²) >= 11 is 0. The van der Waals surface area contributed by atoms with Crippen LogP contribution in [0, 0.1) is 0 Å². The van der Waals surface area contributed by atoms with Crippen LogP contribution in [0.5, 0.6) is 0 Å². The van der Waals surface area contributed by atoms with Gasteiger partial charge in [-0.2, -0.15) is 0 Å². The highest BCUT2D eigenvalue weighted by Gasteiger charge is 2.19. The van der Waals surface area contributed by atoms with Gasteiger partial charge in [-0.15, -0.1) is 0 Å². The van der Waals surface area contributed by atoms with Crippen LogP contribution < -0.4 is 0 Å². The van der Waals surface area contributed by atoms with Crippen LogP contribution in [0.15, 0.2) is 49.3 Å². The molecule has 1 aliphatic rings. The number of nitrogens with zero attached hydrogens (tertiary/aromatic N) is 6. The molecule has 0 saturated carbocycles. The van der Waals surface area contributed by atoms with E-state index in [2.05, 4.69) is 24.8 Å². The minimum absolute atomic E-state index is 0.749. The Hall–Kier alpha value is -2.73. The van der Waals surface area contributed by atoms with E-state index in [0.29, 0.717) is 0 Å². The quantitative estimate of drug-likeness (QED) is 0.736. The van der Waals surface area contributed by atoms with Gasteiger partial charge in [0, 0.05) is 74.4 Å². The number of fused-ring (bicyclic) bond motifs is 1. The summed E-state index contributed by atoms with van der Waals surface area (Å²) in [5.41, 5.74) is 4.27. The predicted molar refractivity (Wildman–Crippen MR) is 85.1 cm³/mol. The number of rotatable bonds is 3. The van der Waals surface area contributed by atoms with Crippen molar-refractivity contribution in [3.63, 3.8) is 0 Å². The van der Waals surface area contributed by atoms with Crippen LogP contribution >= 0.6 is 0 Å². The van der Waals surface area contributed by atoms with Gasteiger partial charge in [-0.3, -0.25) is 19.9 Å². The molecule has 0 radical (unpaired) electrons.